The standard InChI is InChI=1S/C20H21FN2O2.C2H6.H2/c1-11-3-6-16(21)19-13(11)5-7-17(19)23-18-8-4-12(10-22-18)14-9-15(14)20(24)25-2;1-2;/h3-4,6,8,10,14-15,17H,5,7,9H2,1-2H3,(H,22,23);1-2H3;1H/t14-,15+,17-;;/m1../s1. The summed E-state index contributed by atoms with van der Waals surface area (Å²) < 4.78 is 19.0. The number of carbonyl (C=O) groups is 1. The summed E-state index contributed by atoms with van der Waals surface area (Å²) in [6.07, 6.45) is 4.38. The van der Waals surface area contributed by atoms with Gasteiger partial charge < -0.3 is 10.1 Å². The lowest BCUT2D eigenvalue weighted by Crippen LogP contribution is -2.10. The zero-order valence-electron chi connectivity index (χ0n) is 16.4. The Morgan fingerprint density at radius 3 is 2.74 bits per heavy atom. The number of fused-ring (bicyclic) bond motifs is 1. The van der Waals surface area contributed by atoms with Crippen LogP contribution in [0.15, 0.2) is 30.5 Å². The fourth-order valence-corrected chi connectivity index (χ4v) is 3.89. The second-order valence-electron chi connectivity index (χ2n) is 6.94. The summed E-state index contributed by atoms with van der Waals surface area (Å²) in [6, 6.07) is 7.25. The molecule has 0 spiro atoms. The van der Waals surface area contributed by atoms with E-state index in [0.29, 0.717) is 0 Å². The van der Waals surface area contributed by atoms with E-state index in [0.717, 1.165) is 47.3 Å². The molecule has 1 aromatic carbocycles. The summed E-state index contributed by atoms with van der Waals surface area (Å²) >= 11 is 0. The summed E-state index contributed by atoms with van der Waals surface area (Å²) in [6.45, 7) is 6.03. The van der Waals surface area contributed by atoms with E-state index in [9.17, 15) is 9.18 Å². The van der Waals surface area contributed by atoms with Crippen LogP contribution in [0.3, 0.4) is 0 Å². The van der Waals surface area contributed by atoms with Gasteiger partial charge in [0, 0.05) is 13.2 Å². The Bertz CT molecular complexity index is 826. The Morgan fingerprint density at radius 2 is 2.07 bits per heavy atom. The van der Waals surface area contributed by atoms with Crippen LogP contribution in [0.5, 0.6) is 0 Å². The number of methoxy groups -OCH3 is 1. The number of benzene rings is 1. The maximum atomic E-state index is 14.2. The van der Waals surface area contributed by atoms with Gasteiger partial charge in [-0.25, -0.2) is 9.37 Å². The van der Waals surface area contributed by atoms with Crippen molar-refractivity contribution in [3.8, 4) is 0 Å². The number of rotatable bonds is 4. The number of esters is 1. The van der Waals surface area contributed by atoms with Crippen LogP contribution in [0.2, 0.25) is 0 Å². The van der Waals surface area contributed by atoms with Crippen LogP contribution in [-0.4, -0.2) is 18.1 Å². The Labute approximate surface area is 161 Å². The third kappa shape index (κ3) is 3.82. The molecule has 27 heavy (non-hydrogen) atoms. The van der Waals surface area contributed by atoms with Gasteiger partial charge in [0.1, 0.15) is 11.6 Å². The van der Waals surface area contributed by atoms with Gasteiger partial charge in [-0.3, -0.25) is 4.79 Å². The van der Waals surface area contributed by atoms with Crippen molar-refractivity contribution in [2.45, 2.75) is 52.0 Å². The van der Waals surface area contributed by atoms with Crippen LogP contribution in [0.25, 0.3) is 0 Å². The minimum atomic E-state index is -0.152. The molecular formula is C22H29FN2O2. The van der Waals surface area contributed by atoms with E-state index in [1.807, 2.05) is 39.0 Å². The van der Waals surface area contributed by atoms with Gasteiger partial charge in [0.05, 0.1) is 19.1 Å². The molecule has 1 heterocycles. The third-order valence-corrected chi connectivity index (χ3v) is 5.40. The maximum absolute atomic E-state index is 14.2. The SMILES string of the molecule is CC.COC(=O)[C@H]1C[C@@H]1c1ccc(N[C@@H]2CCc3c(C)ccc(F)c32)nc1.[HH]. The van der Waals surface area contributed by atoms with Gasteiger partial charge in [0.25, 0.3) is 0 Å². The number of anilines is 1. The molecule has 0 unspecified atom stereocenters. The molecule has 0 saturated heterocycles. The molecule has 1 saturated carbocycles. The molecule has 146 valence electrons. The largest absolute Gasteiger partial charge is 0.469 e. The van der Waals surface area contributed by atoms with Gasteiger partial charge in [-0.2, -0.15) is 0 Å². The molecule has 2 aromatic rings. The summed E-state index contributed by atoms with van der Waals surface area (Å²) in [5.41, 5.74) is 4.09. The minimum Gasteiger partial charge on any atom is -0.469 e. The molecule has 0 amide bonds. The van der Waals surface area contributed by atoms with Gasteiger partial charge in [0.15, 0.2) is 0 Å². The highest BCUT2D eigenvalue weighted by molar-refractivity contribution is 5.77. The van der Waals surface area contributed by atoms with Crippen molar-refractivity contribution in [2.24, 2.45) is 5.92 Å². The van der Waals surface area contributed by atoms with Crippen LogP contribution >= 0.6 is 0 Å². The summed E-state index contributed by atoms with van der Waals surface area (Å²) in [5.74, 6) is 0.607. The number of aromatic nitrogens is 1. The van der Waals surface area contributed by atoms with Crippen LogP contribution in [0, 0.1) is 18.7 Å². The van der Waals surface area contributed by atoms with Crippen LogP contribution in [0.4, 0.5) is 10.2 Å². The van der Waals surface area contributed by atoms with E-state index in [2.05, 4.69) is 10.3 Å². The number of hydrogen-bond acceptors (Lipinski definition) is 4. The smallest absolute Gasteiger partial charge is 0.309 e. The Kier molecular flexibility index (Phi) is 5.78. The lowest BCUT2D eigenvalue weighted by Gasteiger charge is -2.16. The average molecular weight is 372 g/mol. The zero-order valence-corrected chi connectivity index (χ0v) is 16.4. The molecule has 4 rings (SSSR count). The van der Waals surface area contributed by atoms with E-state index < -0.39 is 0 Å². The van der Waals surface area contributed by atoms with E-state index in [1.165, 1.54) is 7.11 Å². The van der Waals surface area contributed by atoms with Gasteiger partial charge in [-0.05, 0) is 60.9 Å². The van der Waals surface area contributed by atoms with Crippen molar-refractivity contribution >= 4 is 11.8 Å². The molecule has 2 aliphatic rings. The predicted molar refractivity (Wildman–Crippen MR) is 106 cm³/mol. The Balaban J connectivity index is 0.000000906. The molecule has 4 nitrogen and oxygen atoms in total. The van der Waals surface area contributed by atoms with Gasteiger partial charge in [-0.1, -0.05) is 26.0 Å². The number of halogens is 1. The first-order chi connectivity index (χ1) is 13.1. The normalized spacial score (nSPS) is 22.3. The van der Waals surface area contributed by atoms with E-state index >= 15 is 0 Å². The number of ether oxygens (including phenoxy) is 1. The zero-order chi connectivity index (χ0) is 19.6. The first kappa shape index (κ1) is 19.3. The van der Waals surface area contributed by atoms with Crippen molar-refractivity contribution < 1.29 is 15.3 Å². The van der Waals surface area contributed by atoms with Gasteiger partial charge in [0.2, 0.25) is 0 Å². The topological polar surface area (TPSA) is 51.2 Å². The second-order valence-corrected chi connectivity index (χ2v) is 6.94. The highest BCUT2D eigenvalue weighted by Gasteiger charge is 2.45. The fourth-order valence-electron chi connectivity index (χ4n) is 3.89. The average Bonchev–Trinajstić information content (AvgIpc) is 3.39. The molecule has 2 aliphatic carbocycles. The highest BCUT2D eigenvalue weighted by Crippen LogP contribution is 2.48. The third-order valence-electron chi connectivity index (χ3n) is 5.40. The molecule has 5 heteroatoms. The predicted octanol–water partition coefficient (Wildman–Crippen LogP) is 5.18. The molecule has 1 N–H and O–H groups in total. The van der Waals surface area contributed by atoms with Crippen molar-refractivity contribution in [1.82, 2.24) is 4.98 Å². The van der Waals surface area contributed by atoms with E-state index in [4.69, 9.17) is 4.74 Å². The van der Waals surface area contributed by atoms with Gasteiger partial charge >= 0.3 is 5.97 Å². The molecular weight excluding hydrogens is 343 g/mol. The number of hydrogen-bond donors (Lipinski definition) is 1. The number of aryl methyl sites for hydroxylation is 1. The Hall–Kier alpha value is -2.43. The summed E-state index contributed by atoms with van der Waals surface area (Å²) in [5, 5.41) is 3.35. The van der Waals surface area contributed by atoms with E-state index in [-0.39, 0.29) is 31.1 Å². The number of pyridine rings is 1. The molecule has 0 bridgehead atoms. The second kappa shape index (κ2) is 8.07. The summed E-state index contributed by atoms with van der Waals surface area (Å²) in [4.78, 5) is 16.0. The van der Waals surface area contributed by atoms with Gasteiger partial charge in [-0.15, -0.1) is 0 Å². The molecule has 1 fully saturated rings. The summed E-state index contributed by atoms with van der Waals surface area (Å²) in [7, 11) is 1.42. The lowest BCUT2D eigenvalue weighted by atomic mass is 10.0. The highest BCUT2D eigenvalue weighted by atomic mass is 19.1. The first-order valence-corrected chi connectivity index (χ1v) is 9.66. The molecule has 0 radical (unpaired) electrons. The first-order valence-electron chi connectivity index (χ1n) is 9.66. The number of carbonyl (C=O) groups excluding carboxylic acids is 1. The Morgan fingerprint density at radius 1 is 1.30 bits per heavy atom. The van der Waals surface area contributed by atoms with Crippen molar-refractivity contribution in [3.05, 3.63) is 58.5 Å². The van der Waals surface area contributed by atoms with Crippen LogP contribution in [0.1, 0.15) is 62.3 Å². The van der Waals surface area contributed by atoms with Crippen LogP contribution in [-0.2, 0) is 16.0 Å². The number of nitrogens with zero attached hydrogens (tertiary/aromatic N) is 1. The van der Waals surface area contributed by atoms with Crippen molar-refractivity contribution in [3.63, 3.8) is 0 Å². The van der Waals surface area contributed by atoms with E-state index in [1.54, 1.807) is 12.3 Å². The van der Waals surface area contributed by atoms with Crippen molar-refractivity contribution in [1.29, 1.82) is 0 Å². The minimum absolute atomic E-state index is 0. The molecule has 1 aromatic heterocycles. The van der Waals surface area contributed by atoms with Crippen LogP contribution < -0.4 is 5.32 Å². The monoisotopic (exact) mass is 372 g/mol. The lowest BCUT2D eigenvalue weighted by molar-refractivity contribution is -0.142. The quantitative estimate of drug-likeness (QED) is 0.752. The fraction of sp³-hybridized carbons (Fsp3) is 0.455. The number of nitrogens with one attached hydrogen (secondary N) is 1. The van der Waals surface area contributed by atoms with Crippen molar-refractivity contribution in [2.75, 3.05) is 12.4 Å². The molecule has 0 aliphatic heterocycles. The molecule has 3 atom stereocenters. The maximum Gasteiger partial charge on any atom is 0.309 e.